The Balaban J connectivity index is 1.47. The Kier molecular flexibility index (Phi) is 8.22. The number of carbonyl (C=O) groups is 1. The molecular formula is C35H52O5S. The van der Waals surface area contributed by atoms with Gasteiger partial charge in [-0.05, 0) is 104 Å². The van der Waals surface area contributed by atoms with E-state index >= 15 is 0 Å². The third-order valence-electron chi connectivity index (χ3n) is 12.6. The summed E-state index contributed by atoms with van der Waals surface area (Å²) in [5, 5.41) is 21.3. The van der Waals surface area contributed by atoms with Gasteiger partial charge in [0.2, 0.25) is 0 Å². The Bertz CT molecular complexity index is 1270. The Morgan fingerprint density at radius 3 is 2.34 bits per heavy atom. The van der Waals surface area contributed by atoms with E-state index < -0.39 is 26.8 Å². The van der Waals surface area contributed by atoms with E-state index in [9.17, 15) is 23.4 Å². The first kappa shape index (κ1) is 30.9. The second-order valence-corrected chi connectivity index (χ2v) is 17.2. The molecule has 0 aliphatic heterocycles. The number of aliphatic hydroxyl groups is 2. The molecule has 0 spiro atoms. The first-order valence-electron chi connectivity index (χ1n) is 16.1. The summed E-state index contributed by atoms with van der Waals surface area (Å²) >= 11 is 0. The SMILES string of the molecule is CC[C@]1(O)CC[C@@]2(C)C(=CC[C@H]3[C@@H]4CC[C@H]([C@H](C)C(C[C@@H](O)C(C)C)S(=O)(=O)c5ccccc5)[C@@]4(C)CC(=O)[C@@H]32)C1. The van der Waals surface area contributed by atoms with Crippen molar-refractivity contribution in [1.29, 1.82) is 0 Å². The lowest BCUT2D eigenvalue weighted by Crippen LogP contribution is -2.56. The van der Waals surface area contributed by atoms with Crippen molar-refractivity contribution in [2.45, 2.75) is 121 Å². The van der Waals surface area contributed by atoms with Gasteiger partial charge in [0.25, 0.3) is 0 Å². The number of carbonyl (C=O) groups excluding carboxylic acids is 1. The molecule has 41 heavy (non-hydrogen) atoms. The first-order chi connectivity index (χ1) is 19.2. The summed E-state index contributed by atoms with van der Waals surface area (Å²) in [4.78, 5) is 14.6. The normalized spacial score (nSPS) is 39.3. The monoisotopic (exact) mass is 584 g/mol. The zero-order valence-corrected chi connectivity index (χ0v) is 26.8. The van der Waals surface area contributed by atoms with Crippen LogP contribution in [0.5, 0.6) is 0 Å². The van der Waals surface area contributed by atoms with Crippen molar-refractivity contribution in [3.8, 4) is 0 Å². The van der Waals surface area contributed by atoms with E-state index in [1.807, 2.05) is 19.9 Å². The summed E-state index contributed by atoms with van der Waals surface area (Å²) < 4.78 is 28.2. The highest BCUT2D eigenvalue weighted by Gasteiger charge is 2.63. The minimum Gasteiger partial charge on any atom is -0.393 e. The number of Topliss-reactive ketones (excluding diaryl/α,β-unsaturated/α-hetero) is 1. The van der Waals surface area contributed by atoms with Gasteiger partial charge in [0.1, 0.15) is 5.78 Å². The lowest BCUT2D eigenvalue weighted by atomic mass is 9.45. The molecule has 0 aromatic heterocycles. The molecule has 4 aliphatic carbocycles. The van der Waals surface area contributed by atoms with Crippen LogP contribution in [0.25, 0.3) is 0 Å². The fourth-order valence-electron chi connectivity index (χ4n) is 9.92. The second kappa shape index (κ2) is 10.9. The third kappa shape index (κ3) is 5.08. The zero-order valence-electron chi connectivity index (χ0n) is 26.0. The van der Waals surface area contributed by atoms with Crippen LogP contribution in [0.3, 0.4) is 0 Å². The van der Waals surface area contributed by atoms with Crippen LogP contribution >= 0.6 is 0 Å². The summed E-state index contributed by atoms with van der Waals surface area (Å²) in [6.07, 6.45) is 8.17. The Morgan fingerprint density at radius 2 is 1.71 bits per heavy atom. The molecule has 0 bridgehead atoms. The van der Waals surface area contributed by atoms with Gasteiger partial charge in [-0.1, -0.05) is 71.4 Å². The highest BCUT2D eigenvalue weighted by atomic mass is 32.2. The molecule has 3 fully saturated rings. The van der Waals surface area contributed by atoms with Gasteiger partial charge in [-0.15, -0.1) is 0 Å². The van der Waals surface area contributed by atoms with E-state index in [1.165, 1.54) is 5.57 Å². The van der Waals surface area contributed by atoms with Gasteiger partial charge in [0, 0.05) is 12.3 Å². The number of aliphatic hydroxyl groups excluding tert-OH is 1. The quantitative estimate of drug-likeness (QED) is 0.329. The van der Waals surface area contributed by atoms with Crippen molar-refractivity contribution in [2.75, 3.05) is 0 Å². The lowest BCUT2D eigenvalue weighted by molar-refractivity contribution is -0.147. The maximum atomic E-state index is 14.2. The lowest BCUT2D eigenvalue weighted by Gasteiger charge is -2.58. The summed E-state index contributed by atoms with van der Waals surface area (Å²) in [5.41, 5.74) is 0.183. The highest BCUT2D eigenvalue weighted by Crippen LogP contribution is 2.67. The van der Waals surface area contributed by atoms with Crippen LogP contribution in [-0.2, 0) is 14.6 Å². The minimum absolute atomic E-state index is 0.0114. The van der Waals surface area contributed by atoms with Gasteiger partial charge in [0.05, 0.1) is 21.9 Å². The number of hydrogen-bond donors (Lipinski definition) is 2. The predicted molar refractivity (Wildman–Crippen MR) is 163 cm³/mol. The smallest absolute Gasteiger partial charge is 0.181 e. The van der Waals surface area contributed by atoms with Crippen LogP contribution in [0.15, 0.2) is 46.9 Å². The molecule has 2 N–H and O–H groups in total. The molecule has 0 heterocycles. The second-order valence-electron chi connectivity index (χ2n) is 15.0. The molecule has 6 heteroatoms. The number of rotatable bonds is 8. The first-order valence-corrected chi connectivity index (χ1v) is 17.6. The van der Waals surface area contributed by atoms with E-state index in [1.54, 1.807) is 24.3 Å². The average Bonchev–Trinajstić information content (AvgIpc) is 3.28. The standard InChI is InChI=1S/C35H52O5S/c1-7-35(38)18-17-33(5)24(20-35)13-14-26-28-16-15-27(34(28,6)21-30(37)32(26)33)23(4)31(19-29(36)22(2)3)41(39,40)25-11-9-8-10-12-25/h8-13,22-23,26-29,31-32,36,38H,7,14-21H2,1-6H3/t23-,26-,27+,28-,29+,31?,32+,33-,34+,35-/m0/s1. The van der Waals surface area contributed by atoms with Crippen LogP contribution in [0.4, 0.5) is 0 Å². The van der Waals surface area contributed by atoms with Crippen molar-refractivity contribution < 1.29 is 23.4 Å². The number of hydrogen-bond acceptors (Lipinski definition) is 5. The van der Waals surface area contributed by atoms with Gasteiger partial charge < -0.3 is 10.2 Å². The minimum atomic E-state index is -3.69. The van der Waals surface area contributed by atoms with Crippen molar-refractivity contribution in [3.63, 3.8) is 0 Å². The van der Waals surface area contributed by atoms with Gasteiger partial charge >= 0.3 is 0 Å². The van der Waals surface area contributed by atoms with E-state index in [4.69, 9.17) is 0 Å². The third-order valence-corrected chi connectivity index (χ3v) is 15.0. The molecule has 1 aromatic carbocycles. The highest BCUT2D eigenvalue weighted by molar-refractivity contribution is 7.92. The van der Waals surface area contributed by atoms with Crippen molar-refractivity contribution >= 4 is 15.6 Å². The van der Waals surface area contributed by atoms with Crippen LogP contribution in [-0.4, -0.2) is 41.4 Å². The number of sulfone groups is 1. The molecule has 0 saturated heterocycles. The maximum absolute atomic E-state index is 14.2. The summed E-state index contributed by atoms with van der Waals surface area (Å²) in [7, 11) is -3.69. The molecule has 5 nitrogen and oxygen atoms in total. The maximum Gasteiger partial charge on any atom is 0.181 e. The molecule has 5 rings (SSSR count). The van der Waals surface area contributed by atoms with Gasteiger partial charge in [-0.2, -0.15) is 0 Å². The summed E-state index contributed by atoms with van der Waals surface area (Å²) in [6, 6.07) is 8.69. The van der Waals surface area contributed by atoms with Crippen LogP contribution in [0, 0.1) is 46.3 Å². The number of fused-ring (bicyclic) bond motifs is 5. The fraction of sp³-hybridized carbons (Fsp3) is 0.743. The molecule has 4 aliphatic rings. The molecule has 10 atom stereocenters. The van der Waals surface area contributed by atoms with Crippen LogP contribution < -0.4 is 0 Å². The summed E-state index contributed by atoms with van der Waals surface area (Å²) in [6.45, 7) is 12.5. The molecule has 0 amide bonds. The average molecular weight is 585 g/mol. The van der Waals surface area contributed by atoms with Crippen molar-refractivity contribution in [1.82, 2.24) is 0 Å². The van der Waals surface area contributed by atoms with Crippen LogP contribution in [0.1, 0.15) is 99.3 Å². The largest absolute Gasteiger partial charge is 0.393 e. The molecule has 3 saturated carbocycles. The molecule has 1 aromatic rings. The Labute approximate surface area is 248 Å². The van der Waals surface area contributed by atoms with E-state index in [0.29, 0.717) is 29.4 Å². The van der Waals surface area contributed by atoms with E-state index in [2.05, 4.69) is 33.8 Å². The molecule has 0 radical (unpaired) electrons. The van der Waals surface area contributed by atoms with Crippen molar-refractivity contribution in [3.05, 3.63) is 42.0 Å². The van der Waals surface area contributed by atoms with Crippen LogP contribution in [0.2, 0.25) is 0 Å². The Hall–Kier alpha value is -1.50. The van der Waals surface area contributed by atoms with E-state index in [0.717, 1.165) is 38.5 Å². The zero-order chi connectivity index (χ0) is 30.0. The van der Waals surface area contributed by atoms with Gasteiger partial charge in [0.15, 0.2) is 9.84 Å². The predicted octanol–water partition coefficient (Wildman–Crippen LogP) is 6.77. The number of benzene rings is 1. The van der Waals surface area contributed by atoms with Gasteiger partial charge in [-0.25, -0.2) is 8.42 Å². The molecule has 1 unspecified atom stereocenters. The van der Waals surface area contributed by atoms with Gasteiger partial charge in [-0.3, -0.25) is 4.79 Å². The molecular weight excluding hydrogens is 532 g/mol. The number of ketones is 1. The fourth-order valence-corrected chi connectivity index (χ4v) is 12.0. The van der Waals surface area contributed by atoms with Crippen molar-refractivity contribution in [2.24, 2.45) is 46.3 Å². The summed E-state index contributed by atoms with van der Waals surface area (Å²) in [5.74, 6) is 0.835. The topological polar surface area (TPSA) is 91.7 Å². The molecule has 228 valence electrons. The number of allylic oxidation sites excluding steroid dienone is 1. The van der Waals surface area contributed by atoms with E-state index in [-0.39, 0.29) is 46.8 Å². The Morgan fingerprint density at radius 1 is 1.02 bits per heavy atom.